The second-order valence-corrected chi connectivity index (χ2v) is 4.69. The number of azo groups is 1. The highest BCUT2D eigenvalue weighted by atomic mass is 16.3. The molecule has 6 heteroatoms. The van der Waals surface area contributed by atoms with Crippen LogP contribution in [-0.4, -0.2) is 20.0 Å². The van der Waals surface area contributed by atoms with Crippen LogP contribution < -0.4 is 0 Å². The van der Waals surface area contributed by atoms with E-state index in [-0.39, 0.29) is 17.3 Å². The number of rotatable bonds is 3. The summed E-state index contributed by atoms with van der Waals surface area (Å²) in [4.78, 5) is 0. The third kappa shape index (κ3) is 2.54. The first-order valence-corrected chi connectivity index (χ1v) is 6.70. The van der Waals surface area contributed by atoms with E-state index in [4.69, 9.17) is 0 Å². The van der Waals surface area contributed by atoms with Gasteiger partial charge in [-0.25, -0.2) is 0 Å². The van der Waals surface area contributed by atoms with E-state index < -0.39 is 0 Å². The Labute approximate surface area is 127 Å². The number of hydrogen-bond acceptors (Lipinski definition) is 5. The van der Waals surface area contributed by atoms with Crippen LogP contribution >= 0.6 is 0 Å². The number of phenols is 1. The molecular formula is C16H14N4O2. The third-order valence-corrected chi connectivity index (χ3v) is 3.15. The molecule has 0 saturated carbocycles. The zero-order valence-corrected chi connectivity index (χ0v) is 11.9. The first-order valence-electron chi connectivity index (χ1n) is 6.70. The van der Waals surface area contributed by atoms with Gasteiger partial charge >= 0.3 is 0 Å². The molecule has 0 atom stereocenters. The summed E-state index contributed by atoms with van der Waals surface area (Å²) < 4.78 is 1.40. The van der Waals surface area contributed by atoms with E-state index in [1.165, 1.54) is 10.7 Å². The molecule has 0 aliphatic heterocycles. The van der Waals surface area contributed by atoms with E-state index in [2.05, 4.69) is 15.3 Å². The fourth-order valence-corrected chi connectivity index (χ4v) is 2.03. The molecule has 0 radical (unpaired) electrons. The van der Waals surface area contributed by atoms with E-state index in [0.29, 0.717) is 11.4 Å². The molecule has 0 spiro atoms. The summed E-state index contributed by atoms with van der Waals surface area (Å²) >= 11 is 0. The van der Waals surface area contributed by atoms with Gasteiger partial charge in [-0.05, 0) is 31.2 Å². The number of aromatic nitrogens is 2. The standard InChI is InChI=1S/C16H14N4O2/c1-11-15(18-17-13-9-5-6-10-14(13)21)16(22)20(19-11)12-7-3-2-4-8-12/h2-10,21-22H,1H3/b18-17+. The largest absolute Gasteiger partial charge is 0.506 e. The van der Waals surface area contributed by atoms with Gasteiger partial charge in [-0.2, -0.15) is 9.78 Å². The minimum Gasteiger partial charge on any atom is -0.506 e. The molecule has 0 unspecified atom stereocenters. The molecule has 0 saturated heterocycles. The van der Waals surface area contributed by atoms with E-state index in [1.807, 2.05) is 30.3 Å². The molecule has 6 nitrogen and oxygen atoms in total. The van der Waals surface area contributed by atoms with Gasteiger partial charge in [0.15, 0.2) is 5.69 Å². The molecule has 2 N–H and O–H groups in total. The second-order valence-electron chi connectivity index (χ2n) is 4.69. The van der Waals surface area contributed by atoms with Crippen molar-refractivity contribution in [1.82, 2.24) is 9.78 Å². The van der Waals surface area contributed by atoms with Gasteiger partial charge in [-0.1, -0.05) is 30.3 Å². The van der Waals surface area contributed by atoms with Crippen molar-refractivity contribution < 1.29 is 10.2 Å². The summed E-state index contributed by atoms with van der Waals surface area (Å²) in [6.07, 6.45) is 0. The highest BCUT2D eigenvalue weighted by molar-refractivity contribution is 5.55. The van der Waals surface area contributed by atoms with E-state index in [9.17, 15) is 10.2 Å². The molecule has 1 heterocycles. The van der Waals surface area contributed by atoms with Crippen LogP contribution in [0, 0.1) is 6.92 Å². The molecule has 0 bridgehead atoms. The molecule has 3 rings (SSSR count). The number of benzene rings is 2. The summed E-state index contributed by atoms with van der Waals surface area (Å²) in [6.45, 7) is 1.73. The average molecular weight is 294 g/mol. The zero-order chi connectivity index (χ0) is 15.5. The molecule has 0 aliphatic carbocycles. The predicted molar refractivity (Wildman–Crippen MR) is 82.2 cm³/mol. The van der Waals surface area contributed by atoms with E-state index >= 15 is 0 Å². The van der Waals surface area contributed by atoms with Crippen LogP contribution in [0.2, 0.25) is 0 Å². The summed E-state index contributed by atoms with van der Waals surface area (Å²) in [5, 5.41) is 32.2. The number of aryl methyl sites for hydroxylation is 1. The van der Waals surface area contributed by atoms with Crippen LogP contribution in [0.3, 0.4) is 0 Å². The maximum atomic E-state index is 10.3. The lowest BCUT2D eigenvalue weighted by Crippen LogP contribution is -1.94. The number of nitrogens with zero attached hydrogens (tertiary/aromatic N) is 4. The quantitative estimate of drug-likeness (QED) is 0.716. The summed E-state index contributed by atoms with van der Waals surface area (Å²) in [5.41, 5.74) is 1.87. The van der Waals surface area contributed by atoms with Crippen molar-refractivity contribution in [2.75, 3.05) is 0 Å². The Hall–Kier alpha value is -3.15. The molecule has 3 aromatic rings. The van der Waals surface area contributed by atoms with Crippen LogP contribution in [0.5, 0.6) is 11.6 Å². The van der Waals surface area contributed by atoms with Crippen molar-refractivity contribution in [3.63, 3.8) is 0 Å². The highest BCUT2D eigenvalue weighted by Crippen LogP contribution is 2.35. The van der Waals surface area contributed by atoms with Crippen LogP contribution in [0.25, 0.3) is 5.69 Å². The van der Waals surface area contributed by atoms with Gasteiger partial charge < -0.3 is 10.2 Å². The molecule has 22 heavy (non-hydrogen) atoms. The topological polar surface area (TPSA) is 83.0 Å². The molecule has 0 amide bonds. The molecule has 110 valence electrons. The van der Waals surface area contributed by atoms with Crippen molar-refractivity contribution >= 4 is 11.4 Å². The smallest absolute Gasteiger partial charge is 0.243 e. The van der Waals surface area contributed by atoms with Crippen molar-refractivity contribution in [2.24, 2.45) is 10.2 Å². The maximum absolute atomic E-state index is 10.3. The lowest BCUT2D eigenvalue weighted by Gasteiger charge is -2.01. The van der Waals surface area contributed by atoms with Crippen molar-refractivity contribution in [3.05, 3.63) is 60.3 Å². The van der Waals surface area contributed by atoms with Gasteiger partial charge in [0.1, 0.15) is 11.4 Å². The lowest BCUT2D eigenvalue weighted by atomic mass is 10.3. The number of para-hydroxylation sites is 2. The zero-order valence-electron chi connectivity index (χ0n) is 11.9. The fraction of sp³-hybridized carbons (Fsp3) is 0.0625. The number of hydrogen-bond donors (Lipinski definition) is 2. The minimum atomic E-state index is -0.0946. The molecule has 1 aromatic heterocycles. The summed E-state index contributed by atoms with van der Waals surface area (Å²) in [7, 11) is 0. The van der Waals surface area contributed by atoms with Crippen molar-refractivity contribution in [1.29, 1.82) is 0 Å². The Morgan fingerprint density at radius 2 is 1.59 bits per heavy atom. The van der Waals surface area contributed by atoms with Gasteiger partial charge in [0.25, 0.3) is 0 Å². The van der Waals surface area contributed by atoms with Crippen molar-refractivity contribution in [2.45, 2.75) is 6.92 Å². The predicted octanol–water partition coefficient (Wildman–Crippen LogP) is 4.01. The van der Waals surface area contributed by atoms with E-state index in [0.717, 1.165) is 5.69 Å². The fourth-order valence-electron chi connectivity index (χ4n) is 2.03. The summed E-state index contributed by atoms with van der Waals surface area (Å²) in [5.74, 6) is -0.0679. The van der Waals surface area contributed by atoms with Crippen molar-refractivity contribution in [3.8, 4) is 17.3 Å². The summed E-state index contributed by atoms with van der Waals surface area (Å²) in [6, 6.07) is 15.9. The monoisotopic (exact) mass is 294 g/mol. The second kappa shape index (κ2) is 5.69. The lowest BCUT2D eigenvalue weighted by molar-refractivity contribution is 0.434. The Bertz CT molecular complexity index is 825. The van der Waals surface area contributed by atoms with Crippen LogP contribution in [0.15, 0.2) is 64.8 Å². The van der Waals surface area contributed by atoms with Gasteiger partial charge in [0, 0.05) is 0 Å². The first-order chi connectivity index (χ1) is 10.7. The van der Waals surface area contributed by atoms with Crippen LogP contribution in [0.1, 0.15) is 5.69 Å². The Morgan fingerprint density at radius 1 is 0.909 bits per heavy atom. The molecule has 0 aliphatic rings. The van der Waals surface area contributed by atoms with Gasteiger partial charge in [-0.15, -0.1) is 10.2 Å². The molecule has 0 fully saturated rings. The van der Waals surface area contributed by atoms with Gasteiger partial charge in [0.05, 0.1) is 11.4 Å². The first kappa shape index (κ1) is 13.8. The average Bonchev–Trinajstić information content (AvgIpc) is 2.82. The third-order valence-electron chi connectivity index (χ3n) is 3.15. The van der Waals surface area contributed by atoms with Crippen LogP contribution in [0.4, 0.5) is 11.4 Å². The number of aromatic hydroxyl groups is 2. The molecule has 2 aromatic carbocycles. The Balaban J connectivity index is 1.99. The SMILES string of the molecule is Cc1nn(-c2ccccc2)c(O)c1/N=N/c1ccccc1O. The van der Waals surface area contributed by atoms with Gasteiger partial charge in [0.2, 0.25) is 5.88 Å². The van der Waals surface area contributed by atoms with Crippen LogP contribution in [-0.2, 0) is 0 Å². The Kier molecular flexibility index (Phi) is 3.57. The number of phenolic OH excluding ortho intramolecular Hbond substituents is 1. The normalized spacial score (nSPS) is 11.1. The van der Waals surface area contributed by atoms with E-state index in [1.54, 1.807) is 25.1 Å². The minimum absolute atomic E-state index is 0.0267. The molecular weight excluding hydrogens is 280 g/mol. The Morgan fingerprint density at radius 3 is 2.32 bits per heavy atom. The maximum Gasteiger partial charge on any atom is 0.243 e. The highest BCUT2D eigenvalue weighted by Gasteiger charge is 2.15. The van der Waals surface area contributed by atoms with Gasteiger partial charge in [-0.3, -0.25) is 0 Å².